The molecule has 0 fully saturated rings. The molecule has 0 spiro atoms. The fraction of sp³-hybridized carbons (Fsp3) is 0.521. The van der Waals surface area contributed by atoms with E-state index in [9.17, 15) is 62.3 Å². The first-order chi connectivity index (χ1) is 39.6. The SMILES string of the molecule is C=CC(=O)OC.C=CC(=O)OC[C@@H](C)OC(N)=O.C=CC(=O)OC[C@H](C)OC(N)=O.C=CC(=O)O[C@@H](C)COC(N)=O.C=CC(=O)O[C@H](C)COC(N)=O.C[C@@H](CO)OC(N)=O.C[C@@H](O)COC(N)=O.C[C@H](CO)OC(N)=O.C[C@H](O)COC(N)=O. The van der Waals surface area contributed by atoms with Crippen molar-refractivity contribution in [2.45, 2.75) is 104 Å². The number of rotatable bonds is 25. The third-order valence-electron chi connectivity index (χ3n) is 6.23. The Morgan fingerprint density at radius 2 is 0.512 bits per heavy atom. The van der Waals surface area contributed by atoms with E-state index in [1.807, 2.05) is 0 Å². The molecule has 8 atom stereocenters. The summed E-state index contributed by atoms with van der Waals surface area (Å²) in [5.74, 6) is -2.63. The Morgan fingerprint density at radius 1 is 0.314 bits per heavy atom. The molecule has 0 aromatic carbocycles. The van der Waals surface area contributed by atoms with Gasteiger partial charge in [0.1, 0.15) is 76.3 Å². The summed E-state index contributed by atoms with van der Waals surface area (Å²) >= 11 is 0. The highest BCUT2D eigenvalue weighted by molar-refractivity contribution is 5.82. The second-order valence-corrected chi connectivity index (χ2v) is 14.9. The van der Waals surface area contributed by atoms with Crippen LogP contribution in [0.1, 0.15) is 55.4 Å². The number of carbonyl (C=O) groups excluding carboxylic acids is 13. The summed E-state index contributed by atoms with van der Waals surface area (Å²) in [4.78, 5) is 132. The van der Waals surface area contributed by atoms with E-state index in [-0.39, 0.29) is 52.9 Å². The van der Waals surface area contributed by atoms with E-state index < -0.39 is 127 Å². The van der Waals surface area contributed by atoms with Crippen LogP contribution >= 0.6 is 0 Å². The third kappa shape index (κ3) is 110. The van der Waals surface area contributed by atoms with Crippen LogP contribution in [0.3, 0.4) is 0 Å². The molecule has 0 saturated carbocycles. The zero-order chi connectivity index (χ0) is 69.5. The number of ether oxygens (including phenoxy) is 13. The Labute approximate surface area is 495 Å². The van der Waals surface area contributed by atoms with Gasteiger partial charge in [-0.05, 0) is 55.4 Å². The van der Waals surface area contributed by atoms with Crippen molar-refractivity contribution >= 4 is 78.6 Å². The lowest BCUT2D eigenvalue weighted by Gasteiger charge is -2.10. The van der Waals surface area contributed by atoms with Gasteiger partial charge in [-0.2, -0.15) is 0 Å². The Morgan fingerprint density at radius 3 is 0.651 bits per heavy atom. The van der Waals surface area contributed by atoms with Crippen molar-refractivity contribution in [3.05, 3.63) is 63.3 Å². The van der Waals surface area contributed by atoms with Gasteiger partial charge in [-0.3, -0.25) is 0 Å². The minimum atomic E-state index is -0.892. The van der Waals surface area contributed by atoms with Crippen LogP contribution in [0.25, 0.3) is 0 Å². The van der Waals surface area contributed by atoms with Crippen LogP contribution in [0.15, 0.2) is 63.3 Å². The van der Waals surface area contributed by atoms with Crippen molar-refractivity contribution in [1.82, 2.24) is 0 Å². The zero-order valence-corrected chi connectivity index (χ0v) is 49.2. The van der Waals surface area contributed by atoms with E-state index in [4.69, 9.17) is 31.9 Å². The number of nitrogens with two attached hydrogens (primary N) is 8. The fourth-order valence-corrected chi connectivity index (χ4v) is 2.90. The fourth-order valence-electron chi connectivity index (χ4n) is 2.90. The summed E-state index contributed by atoms with van der Waals surface area (Å²) in [6, 6.07) is 0. The van der Waals surface area contributed by atoms with Gasteiger partial charge in [0.15, 0.2) is 0 Å². The first kappa shape index (κ1) is 95.3. The van der Waals surface area contributed by atoms with Crippen LogP contribution in [-0.2, 0) is 85.6 Å². The van der Waals surface area contributed by atoms with Crippen LogP contribution in [0, 0.1) is 0 Å². The number of aliphatic hydroxyl groups is 4. The highest BCUT2D eigenvalue weighted by Crippen LogP contribution is 1.96. The molecular weight excluding hydrogens is 1170 g/mol. The zero-order valence-electron chi connectivity index (χ0n) is 49.2. The molecule has 0 aliphatic rings. The Kier molecular flexibility index (Phi) is 73.0. The smallest absolute Gasteiger partial charge is 0.404 e. The number of primary amides is 8. The van der Waals surface area contributed by atoms with E-state index in [1.54, 1.807) is 41.5 Å². The van der Waals surface area contributed by atoms with E-state index >= 15 is 0 Å². The standard InChI is InChI=1S/4C7H11NO4.4C4H9NO3.C4H6O2/c2*1-3-6(9)12-5(2)4-11-7(8)10;2*1-3-6(9)11-4-5(2)12-7(8)10;2*1-3(6)2-8-4(5)7;2*1-3(2-6)8-4(5)7;1-3-4(5)6-2/h4*3,5H,1,4H2,2H3,(H2,8,10);4*3,6H,2H2,1H3,(H2,5,7);3H,1H2,2H3/t4*5-;4*3-;/m10101010./s1. The quantitative estimate of drug-likeness (QED) is 0.0296. The van der Waals surface area contributed by atoms with Gasteiger partial charge in [-0.15, -0.1) is 0 Å². The highest BCUT2D eigenvalue weighted by atomic mass is 16.6. The summed E-state index contributed by atoms with van der Waals surface area (Å²) in [7, 11) is 1.31. The van der Waals surface area contributed by atoms with Crippen LogP contribution in [0.2, 0.25) is 0 Å². The van der Waals surface area contributed by atoms with Crippen molar-refractivity contribution in [2.75, 3.05) is 60.0 Å². The van der Waals surface area contributed by atoms with E-state index in [2.05, 4.69) is 129 Å². The molecule has 0 aromatic heterocycles. The monoisotopic (exact) mass is 1250 g/mol. The lowest BCUT2D eigenvalue weighted by atomic mass is 10.4. The van der Waals surface area contributed by atoms with Crippen molar-refractivity contribution in [2.24, 2.45) is 45.9 Å². The maximum atomic E-state index is 10.6. The predicted octanol–water partition coefficient (Wildman–Crippen LogP) is -1.01. The summed E-state index contributed by atoms with van der Waals surface area (Å²) < 4.78 is 57.2. The maximum Gasteiger partial charge on any atom is 0.404 e. The van der Waals surface area contributed by atoms with Crippen molar-refractivity contribution < 1.29 is 144 Å². The van der Waals surface area contributed by atoms with Crippen molar-refractivity contribution in [3.63, 3.8) is 0 Å². The molecule has 0 unspecified atom stereocenters. The second kappa shape index (κ2) is 65.9. The molecule has 8 amide bonds. The van der Waals surface area contributed by atoms with Crippen molar-refractivity contribution in [3.8, 4) is 0 Å². The molecule has 0 saturated heterocycles. The Balaban J connectivity index is -0.000000112. The van der Waals surface area contributed by atoms with Gasteiger partial charge >= 0.3 is 78.6 Å². The molecule has 38 nitrogen and oxygen atoms in total. The lowest BCUT2D eigenvalue weighted by Crippen LogP contribution is -2.25. The predicted molar refractivity (Wildman–Crippen MR) is 296 cm³/mol. The summed E-state index contributed by atoms with van der Waals surface area (Å²) in [5.41, 5.74) is 37.1. The van der Waals surface area contributed by atoms with Gasteiger partial charge in [0.2, 0.25) is 0 Å². The number of amides is 8. The number of hydrogen-bond acceptors (Lipinski definition) is 30. The number of hydrogen-bond donors (Lipinski definition) is 12. The molecule has 498 valence electrons. The minimum Gasteiger partial charge on any atom is -0.466 e. The number of carbonyl (C=O) groups is 13. The van der Waals surface area contributed by atoms with Crippen LogP contribution in [-0.4, -0.2) is 208 Å². The van der Waals surface area contributed by atoms with Gasteiger partial charge in [-0.25, -0.2) is 62.3 Å². The summed E-state index contributed by atoms with van der Waals surface area (Å²) in [6.45, 7) is 27.7. The molecule has 20 N–H and O–H groups in total. The van der Waals surface area contributed by atoms with Crippen LogP contribution in [0.5, 0.6) is 0 Å². The molecule has 86 heavy (non-hydrogen) atoms. The highest BCUT2D eigenvalue weighted by Gasteiger charge is 2.11. The molecule has 0 aliphatic heterocycles. The molecule has 0 aliphatic carbocycles. The van der Waals surface area contributed by atoms with Crippen molar-refractivity contribution in [1.29, 1.82) is 0 Å². The Hall–Kier alpha value is -9.95. The van der Waals surface area contributed by atoms with Gasteiger partial charge in [-0.1, -0.05) is 32.9 Å². The molecule has 0 heterocycles. The number of esters is 5. The topological polar surface area (TPSA) is 631 Å². The molecule has 38 heteroatoms. The molecule has 0 radical (unpaired) electrons. The second-order valence-electron chi connectivity index (χ2n) is 14.9. The molecule has 0 bridgehead atoms. The van der Waals surface area contributed by atoms with E-state index in [0.717, 1.165) is 30.4 Å². The maximum absolute atomic E-state index is 10.6. The van der Waals surface area contributed by atoms with Crippen LogP contribution < -0.4 is 45.9 Å². The normalized spacial score (nSPS) is 11.6. The first-order valence-corrected chi connectivity index (χ1v) is 23.7. The Bertz CT molecular complexity index is 1880. The van der Waals surface area contributed by atoms with Gasteiger partial charge in [0, 0.05) is 30.4 Å². The number of aliphatic hydroxyl groups excluding tert-OH is 4. The summed E-state index contributed by atoms with van der Waals surface area (Å²) in [5, 5.41) is 33.4. The molecule has 0 rings (SSSR count). The van der Waals surface area contributed by atoms with Crippen LogP contribution in [0.4, 0.5) is 38.4 Å². The molecule has 0 aromatic rings. The first-order valence-electron chi connectivity index (χ1n) is 23.7. The minimum absolute atomic E-state index is 0.0200. The average molecular weight is 1260 g/mol. The lowest BCUT2D eigenvalue weighted by molar-refractivity contribution is -0.144. The van der Waals surface area contributed by atoms with E-state index in [0.29, 0.717) is 0 Å². The van der Waals surface area contributed by atoms with Gasteiger partial charge < -0.3 is 128 Å². The van der Waals surface area contributed by atoms with Gasteiger partial charge in [0.25, 0.3) is 0 Å². The van der Waals surface area contributed by atoms with Gasteiger partial charge in [0.05, 0.1) is 32.5 Å². The summed E-state index contributed by atoms with van der Waals surface area (Å²) in [6.07, 6.45) is -6.12. The largest absolute Gasteiger partial charge is 0.466 e. The number of methoxy groups -OCH3 is 1. The van der Waals surface area contributed by atoms with E-state index in [1.165, 1.54) is 21.0 Å². The average Bonchev–Trinajstić information content (AvgIpc) is 3.41. The third-order valence-corrected chi connectivity index (χ3v) is 6.23. The molecular formula is C48H86N8O30.